The largest absolute Gasteiger partial charge is 0.465 e. The Bertz CT molecular complexity index is 812. The fourth-order valence-electron chi connectivity index (χ4n) is 1.73. The van der Waals surface area contributed by atoms with Crippen molar-refractivity contribution in [2.45, 2.75) is 0 Å². The first-order valence-electron chi connectivity index (χ1n) is 6.54. The fraction of sp³-hybridized carbons (Fsp3) is 0.0625. The Hall–Kier alpha value is -2.31. The lowest BCUT2D eigenvalue weighted by molar-refractivity contribution is 0.0601. The second kappa shape index (κ2) is 7.30. The molecule has 0 unspecified atom stereocenters. The standard InChI is InChI=1S/C16H14ClNO4S/c1-22-16(19)13-4-8-15(9-5-13)18-23(20,21)11-10-12-2-6-14(17)7-3-12/h2-11,18H,1H3/b11-10+. The minimum absolute atomic E-state index is 0.340. The molecule has 2 aromatic carbocycles. The molecule has 0 saturated heterocycles. The van der Waals surface area contributed by atoms with Gasteiger partial charge in [-0.25, -0.2) is 13.2 Å². The SMILES string of the molecule is COC(=O)c1ccc(NS(=O)(=O)/C=C/c2ccc(Cl)cc2)cc1. The van der Waals surface area contributed by atoms with Crippen LogP contribution in [0.5, 0.6) is 0 Å². The normalized spacial score (nSPS) is 11.4. The molecule has 7 heteroatoms. The summed E-state index contributed by atoms with van der Waals surface area (Å²) >= 11 is 5.77. The first kappa shape index (κ1) is 17.1. The zero-order valence-electron chi connectivity index (χ0n) is 12.2. The lowest BCUT2D eigenvalue weighted by atomic mass is 10.2. The Kier molecular flexibility index (Phi) is 5.41. The van der Waals surface area contributed by atoms with E-state index in [4.69, 9.17) is 11.6 Å². The number of anilines is 1. The van der Waals surface area contributed by atoms with Gasteiger partial charge in [0.25, 0.3) is 10.0 Å². The molecule has 0 aliphatic heterocycles. The molecule has 0 heterocycles. The van der Waals surface area contributed by atoms with Crippen LogP contribution in [0.2, 0.25) is 5.02 Å². The minimum atomic E-state index is -3.66. The number of hydrogen-bond acceptors (Lipinski definition) is 4. The summed E-state index contributed by atoms with van der Waals surface area (Å²) in [5.41, 5.74) is 1.39. The maximum Gasteiger partial charge on any atom is 0.337 e. The molecule has 0 saturated carbocycles. The highest BCUT2D eigenvalue weighted by Crippen LogP contribution is 2.14. The van der Waals surface area contributed by atoms with Gasteiger partial charge in [-0.2, -0.15) is 0 Å². The molecule has 0 aliphatic rings. The van der Waals surface area contributed by atoms with Gasteiger partial charge >= 0.3 is 5.97 Å². The van der Waals surface area contributed by atoms with E-state index in [0.29, 0.717) is 21.8 Å². The summed E-state index contributed by atoms with van der Waals surface area (Å²) in [7, 11) is -2.38. The Morgan fingerprint density at radius 2 is 1.70 bits per heavy atom. The number of methoxy groups -OCH3 is 1. The Morgan fingerprint density at radius 3 is 2.26 bits per heavy atom. The summed E-state index contributed by atoms with van der Waals surface area (Å²) in [6.07, 6.45) is 1.46. The highest BCUT2D eigenvalue weighted by atomic mass is 35.5. The van der Waals surface area contributed by atoms with Crippen LogP contribution in [0, 0.1) is 0 Å². The van der Waals surface area contributed by atoms with Gasteiger partial charge in [-0.15, -0.1) is 0 Å². The molecule has 0 fully saturated rings. The van der Waals surface area contributed by atoms with Gasteiger partial charge in [-0.1, -0.05) is 23.7 Å². The topological polar surface area (TPSA) is 72.5 Å². The molecule has 0 atom stereocenters. The molecule has 2 rings (SSSR count). The Morgan fingerprint density at radius 1 is 1.09 bits per heavy atom. The van der Waals surface area contributed by atoms with Crippen molar-refractivity contribution in [2.75, 3.05) is 11.8 Å². The number of sulfonamides is 1. The van der Waals surface area contributed by atoms with Crippen LogP contribution < -0.4 is 4.72 Å². The first-order valence-corrected chi connectivity index (χ1v) is 8.47. The third-order valence-electron chi connectivity index (χ3n) is 2.88. The summed E-state index contributed by atoms with van der Waals surface area (Å²) in [5, 5.41) is 1.64. The third-order valence-corrected chi connectivity index (χ3v) is 4.14. The summed E-state index contributed by atoms with van der Waals surface area (Å²) in [6.45, 7) is 0. The van der Waals surface area contributed by atoms with Crippen LogP contribution in [-0.2, 0) is 14.8 Å². The molecule has 0 aromatic heterocycles. The van der Waals surface area contributed by atoms with Crippen LogP contribution in [0.1, 0.15) is 15.9 Å². The van der Waals surface area contributed by atoms with Crippen LogP contribution >= 0.6 is 11.6 Å². The maximum atomic E-state index is 12.0. The summed E-state index contributed by atoms with van der Waals surface area (Å²) in [5.74, 6) is -0.484. The van der Waals surface area contributed by atoms with Crippen molar-refractivity contribution in [3.8, 4) is 0 Å². The van der Waals surface area contributed by atoms with Gasteiger partial charge in [0.05, 0.1) is 18.1 Å². The van der Waals surface area contributed by atoms with E-state index in [1.54, 1.807) is 24.3 Å². The van der Waals surface area contributed by atoms with E-state index in [1.165, 1.54) is 37.5 Å². The molecular weight excluding hydrogens is 338 g/mol. The van der Waals surface area contributed by atoms with E-state index >= 15 is 0 Å². The van der Waals surface area contributed by atoms with Crippen molar-refractivity contribution < 1.29 is 17.9 Å². The predicted molar refractivity (Wildman–Crippen MR) is 90.8 cm³/mol. The first-order chi connectivity index (χ1) is 10.9. The van der Waals surface area contributed by atoms with Gasteiger partial charge in [0.15, 0.2) is 0 Å². The van der Waals surface area contributed by atoms with E-state index in [9.17, 15) is 13.2 Å². The number of esters is 1. The molecule has 0 amide bonds. The van der Waals surface area contributed by atoms with Crippen LogP contribution in [-0.4, -0.2) is 21.5 Å². The molecule has 2 aromatic rings. The van der Waals surface area contributed by atoms with Crippen molar-refractivity contribution in [1.29, 1.82) is 0 Å². The molecular formula is C16H14ClNO4S. The lowest BCUT2D eigenvalue weighted by Gasteiger charge is -2.05. The second-order valence-electron chi connectivity index (χ2n) is 4.57. The quantitative estimate of drug-likeness (QED) is 0.836. The molecule has 120 valence electrons. The maximum absolute atomic E-state index is 12.0. The van der Waals surface area contributed by atoms with Crippen LogP contribution in [0.15, 0.2) is 53.9 Å². The average Bonchev–Trinajstić information content (AvgIpc) is 2.54. The third kappa shape index (κ3) is 5.12. The molecule has 5 nitrogen and oxygen atoms in total. The van der Waals surface area contributed by atoms with Gasteiger partial charge in [0.1, 0.15) is 0 Å². The monoisotopic (exact) mass is 351 g/mol. The lowest BCUT2D eigenvalue weighted by Crippen LogP contribution is -2.09. The van der Waals surface area contributed by atoms with E-state index in [-0.39, 0.29) is 0 Å². The van der Waals surface area contributed by atoms with Crippen molar-refractivity contribution in [3.63, 3.8) is 0 Å². The molecule has 0 spiro atoms. The van der Waals surface area contributed by atoms with Crippen molar-refractivity contribution in [2.24, 2.45) is 0 Å². The summed E-state index contributed by atoms with van der Waals surface area (Å²) in [6, 6.07) is 12.7. The van der Waals surface area contributed by atoms with E-state index in [1.807, 2.05) is 0 Å². The van der Waals surface area contributed by atoms with Crippen LogP contribution in [0.25, 0.3) is 6.08 Å². The number of rotatable bonds is 5. The number of carbonyl (C=O) groups is 1. The highest BCUT2D eigenvalue weighted by molar-refractivity contribution is 7.95. The summed E-state index contributed by atoms with van der Waals surface area (Å²) in [4.78, 5) is 11.3. The molecule has 1 N–H and O–H groups in total. The number of hydrogen-bond donors (Lipinski definition) is 1. The smallest absolute Gasteiger partial charge is 0.337 e. The van der Waals surface area contributed by atoms with Gasteiger partial charge in [-0.05, 0) is 48.0 Å². The Balaban J connectivity index is 2.08. The number of carbonyl (C=O) groups excluding carboxylic acids is 1. The molecule has 0 bridgehead atoms. The minimum Gasteiger partial charge on any atom is -0.465 e. The van der Waals surface area contributed by atoms with E-state index < -0.39 is 16.0 Å². The van der Waals surface area contributed by atoms with Crippen molar-refractivity contribution in [3.05, 3.63) is 70.1 Å². The fourth-order valence-corrected chi connectivity index (χ4v) is 2.73. The number of benzene rings is 2. The predicted octanol–water partition coefficient (Wildman–Crippen LogP) is 3.54. The summed E-state index contributed by atoms with van der Waals surface area (Å²) < 4.78 is 31.0. The van der Waals surface area contributed by atoms with Crippen LogP contribution in [0.3, 0.4) is 0 Å². The van der Waals surface area contributed by atoms with Crippen molar-refractivity contribution >= 4 is 39.4 Å². The Labute approximate surface area is 139 Å². The van der Waals surface area contributed by atoms with E-state index in [0.717, 1.165) is 5.41 Å². The van der Waals surface area contributed by atoms with Crippen molar-refractivity contribution in [1.82, 2.24) is 0 Å². The van der Waals surface area contributed by atoms with Gasteiger partial charge in [0, 0.05) is 10.7 Å². The average molecular weight is 352 g/mol. The zero-order chi connectivity index (χ0) is 16.9. The zero-order valence-corrected chi connectivity index (χ0v) is 13.8. The highest BCUT2D eigenvalue weighted by Gasteiger charge is 2.08. The molecule has 0 radical (unpaired) electrons. The number of nitrogens with one attached hydrogen (secondary N) is 1. The van der Waals surface area contributed by atoms with Gasteiger partial charge in [0.2, 0.25) is 0 Å². The van der Waals surface area contributed by atoms with Gasteiger partial charge < -0.3 is 4.74 Å². The van der Waals surface area contributed by atoms with E-state index in [2.05, 4.69) is 9.46 Å². The second-order valence-corrected chi connectivity index (χ2v) is 6.57. The number of halogens is 1. The molecule has 23 heavy (non-hydrogen) atoms. The van der Waals surface area contributed by atoms with Gasteiger partial charge in [-0.3, -0.25) is 4.72 Å². The van der Waals surface area contributed by atoms with Crippen LogP contribution in [0.4, 0.5) is 5.69 Å². The molecule has 0 aliphatic carbocycles. The number of ether oxygens (including phenoxy) is 1.